The summed E-state index contributed by atoms with van der Waals surface area (Å²) in [7, 11) is -2.86. The van der Waals surface area contributed by atoms with Gasteiger partial charge in [-0.15, -0.1) is 0 Å². The molecule has 3 nitrogen and oxygen atoms in total. The average Bonchev–Trinajstić information content (AvgIpc) is 2.02. The highest BCUT2D eigenvalue weighted by Crippen LogP contribution is 2.18. The van der Waals surface area contributed by atoms with Gasteiger partial charge in [0, 0.05) is 19.1 Å². The molecular weight excluding hydrogens is 188 g/mol. The predicted molar refractivity (Wildman–Crippen MR) is 51.3 cm³/mol. The van der Waals surface area contributed by atoms with Crippen LogP contribution in [0.3, 0.4) is 0 Å². The fourth-order valence-corrected chi connectivity index (χ4v) is 1.94. The molecule has 0 N–H and O–H groups in total. The molecule has 0 saturated carbocycles. The van der Waals surface area contributed by atoms with Crippen molar-refractivity contribution in [2.75, 3.05) is 12.0 Å². The third kappa shape index (κ3) is 4.22. The van der Waals surface area contributed by atoms with Crippen LogP contribution >= 0.6 is 0 Å². The molecule has 0 bridgehead atoms. The second-order valence-corrected chi connectivity index (χ2v) is 5.74. The van der Waals surface area contributed by atoms with Crippen molar-refractivity contribution in [3.8, 4) is 0 Å². The molecule has 1 aliphatic carbocycles. The maximum atomic E-state index is 10.8. The Hall–Kier alpha value is -0.640. The second-order valence-electron chi connectivity index (χ2n) is 3.49. The summed E-state index contributed by atoms with van der Waals surface area (Å²) in [6, 6.07) is 0. The van der Waals surface area contributed by atoms with E-state index < -0.39 is 9.84 Å². The summed E-state index contributed by atoms with van der Waals surface area (Å²) in [5.41, 5.74) is 1.12. The molecule has 0 spiro atoms. The fraction of sp³-hybridized carbons (Fsp3) is 0.667. The van der Waals surface area contributed by atoms with Gasteiger partial charge in [-0.25, -0.2) is 8.42 Å². The molecule has 0 saturated heterocycles. The number of ketones is 1. The Bertz CT molecular complexity index is 325. The first kappa shape index (κ1) is 10.4. The number of Topliss-reactive ketones (excluding diaryl/α,β-unsaturated/α-hetero) is 1. The zero-order valence-corrected chi connectivity index (χ0v) is 8.56. The number of sulfone groups is 1. The predicted octanol–water partition coefficient (Wildman–Crippen LogP) is 1.10. The molecule has 0 fully saturated rings. The lowest BCUT2D eigenvalue weighted by Gasteiger charge is -2.10. The van der Waals surface area contributed by atoms with Crippen LogP contribution in [-0.2, 0) is 14.6 Å². The minimum atomic E-state index is -2.86. The summed E-state index contributed by atoms with van der Waals surface area (Å²) in [6.45, 7) is 0. The van der Waals surface area contributed by atoms with Gasteiger partial charge in [-0.2, -0.15) is 0 Å². The maximum absolute atomic E-state index is 10.8. The molecule has 1 rings (SSSR count). The summed E-state index contributed by atoms with van der Waals surface area (Å²) in [6.07, 6.45) is 5.51. The largest absolute Gasteiger partial charge is 0.299 e. The molecule has 0 aliphatic heterocycles. The summed E-state index contributed by atoms with van der Waals surface area (Å²) < 4.78 is 21.7. The molecule has 0 aromatic carbocycles. The second kappa shape index (κ2) is 4.05. The first-order valence-electron chi connectivity index (χ1n) is 4.35. The van der Waals surface area contributed by atoms with Crippen LogP contribution in [0.25, 0.3) is 0 Å². The zero-order valence-electron chi connectivity index (χ0n) is 7.75. The van der Waals surface area contributed by atoms with Gasteiger partial charge < -0.3 is 0 Å². The quantitative estimate of drug-likeness (QED) is 0.644. The number of hydrogen-bond donors (Lipinski definition) is 0. The van der Waals surface area contributed by atoms with Crippen molar-refractivity contribution in [2.24, 2.45) is 0 Å². The highest BCUT2D eigenvalue weighted by molar-refractivity contribution is 7.90. The van der Waals surface area contributed by atoms with Gasteiger partial charge >= 0.3 is 0 Å². The molecule has 74 valence electrons. The Morgan fingerprint density at radius 1 is 1.38 bits per heavy atom. The van der Waals surface area contributed by atoms with Crippen LogP contribution in [0.15, 0.2) is 11.6 Å². The average molecular weight is 202 g/mol. The molecule has 0 amide bonds. The van der Waals surface area contributed by atoms with Crippen molar-refractivity contribution >= 4 is 15.6 Å². The van der Waals surface area contributed by atoms with Crippen molar-refractivity contribution < 1.29 is 13.2 Å². The zero-order chi connectivity index (χ0) is 9.90. The summed E-state index contributed by atoms with van der Waals surface area (Å²) in [4.78, 5) is 10.8. The Kier molecular flexibility index (Phi) is 3.25. The van der Waals surface area contributed by atoms with Crippen molar-refractivity contribution in [1.82, 2.24) is 0 Å². The van der Waals surface area contributed by atoms with E-state index in [0.717, 1.165) is 12.0 Å². The fourth-order valence-electron chi connectivity index (χ4n) is 1.31. The number of rotatable bonds is 3. The lowest BCUT2D eigenvalue weighted by molar-refractivity contribution is -0.118. The Labute approximate surface area is 78.8 Å². The van der Waals surface area contributed by atoms with Crippen molar-refractivity contribution in [3.05, 3.63) is 11.6 Å². The standard InChI is InChI=1S/C9H14O3S/c1-13(11,12)7-6-8-2-4-9(10)5-3-8/h2H,3-7H2,1H3. The molecular formula is C9H14O3S. The molecule has 1 aliphatic rings. The summed E-state index contributed by atoms with van der Waals surface area (Å²) in [5, 5.41) is 0. The third-order valence-corrected chi connectivity index (χ3v) is 3.08. The summed E-state index contributed by atoms with van der Waals surface area (Å²) >= 11 is 0. The first-order valence-corrected chi connectivity index (χ1v) is 6.41. The SMILES string of the molecule is CS(=O)(=O)CCC1=CCC(=O)CC1. The Morgan fingerprint density at radius 3 is 2.54 bits per heavy atom. The lowest BCUT2D eigenvalue weighted by atomic mass is 9.97. The normalized spacial score (nSPS) is 18.5. The molecule has 0 atom stereocenters. The number of hydrogen-bond acceptors (Lipinski definition) is 3. The van der Waals surface area contributed by atoms with Crippen LogP contribution in [0.1, 0.15) is 25.7 Å². The van der Waals surface area contributed by atoms with Crippen LogP contribution in [0, 0.1) is 0 Å². The molecule has 0 radical (unpaired) electrons. The van der Waals surface area contributed by atoms with Crippen LogP contribution < -0.4 is 0 Å². The monoisotopic (exact) mass is 202 g/mol. The number of carbonyl (C=O) groups is 1. The van der Waals surface area contributed by atoms with Crippen molar-refractivity contribution in [1.29, 1.82) is 0 Å². The van der Waals surface area contributed by atoms with E-state index in [-0.39, 0.29) is 11.5 Å². The van der Waals surface area contributed by atoms with Gasteiger partial charge in [0.15, 0.2) is 0 Å². The van der Waals surface area contributed by atoms with Crippen molar-refractivity contribution in [2.45, 2.75) is 25.7 Å². The van der Waals surface area contributed by atoms with Crippen LogP contribution in [0.5, 0.6) is 0 Å². The van der Waals surface area contributed by atoms with Gasteiger partial charge in [0.1, 0.15) is 15.6 Å². The van der Waals surface area contributed by atoms with Crippen LogP contribution in [0.2, 0.25) is 0 Å². The Morgan fingerprint density at radius 2 is 2.08 bits per heavy atom. The van der Waals surface area contributed by atoms with Gasteiger partial charge in [0.05, 0.1) is 5.75 Å². The molecule has 4 heteroatoms. The van der Waals surface area contributed by atoms with E-state index in [1.54, 1.807) is 0 Å². The van der Waals surface area contributed by atoms with Gasteiger partial charge in [-0.05, 0) is 12.8 Å². The lowest BCUT2D eigenvalue weighted by Crippen LogP contribution is -2.08. The topological polar surface area (TPSA) is 51.2 Å². The first-order chi connectivity index (χ1) is 5.97. The highest BCUT2D eigenvalue weighted by atomic mass is 32.2. The van der Waals surface area contributed by atoms with Gasteiger partial charge in [-0.3, -0.25) is 4.79 Å². The minimum Gasteiger partial charge on any atom is -0.299 e. The molecule has 13 heavy (non-hydrogen) atoms. The summed E-state index contributed by atoms with van der Waals surface area (Å²) in [5.74, 6) is 0.454. The van der Waals surface area contributed by atoms with Gasteiger partial charge in [0.2, 0.25) is 0 Å². The van der Waals surface area contributed by atoms with Crippen molar-refractivity contribution in [3.63, 3.8) is 0 Å². The smallest absolute Gasteiger partial charge is 0.147 e. The van der Waals surface area contributed by atoms with E-state index in [2.05, 4.69) is 0 Å². The molecule has 0 aromatic rings. The Balaban J connectivity index is 2.43. The van der Waals surface area contributed by atoms with E-state index >= 15 is 0 Å². The van der Waals surface area contributed by atoms with E-state index in [4.69, 9.17) is 0 Å². The maximum Gasteiger partial charge on any atom is 0.147 e. The number of allylic oxidation sites excluding steroid dienone is 2. The van der Waals surface area contributed by atoms with Gasteiger partial charge in [0.25, 0.3) is 0 Å². The minimum absolute atomic E-state index is 0.201. The third-order valence-electron chi connectivity index (χ3n) is 2.14. The van der Waals surface area contributed by atoms with E-state index in [1.807, 2.05) is 6.08 Å². The van der Waals surface area contributed by atoms with E-state index in [9.17, 15) is 13.2 Å². The van der Waals surface area contributed by atoms with Crippen LogP contribution in [-0.4, -0.2) is 26.2 Å². The highest BCUT2D eigenvalue weighted by Gasteiger charge is 2.11. The molecule has 0 heterocycles. The van der Waals surface area contributed by atoms with Crippen LogP contribution in [0.4, 0.5) is 0 Å². The van der Waals surface area contributed by atoms with Gasteiger partial charge in [-0.1, -0.05) is 11.6 Å². The number of carbonyl (C=O) groups excluding carboxylic acids is 1. The molecule has 0 aromatic heterocycles. The molecule has 0 unspecified atom stereocenters. The van der Waals surface area contributed by atoms with E-state index in [0.29, 0.717) is 19.3 Å². The van der Waals surface area contributed by atoms with E-state index in [1.165, 1.54) is 6.26 Å².